The van der Waals surface area contributed by atoms with Gasteiger partial charge in [-0.3, -0.25) is 4.90 Å². The molecule has 0 radical (unpaired) electrons. The number of nitrogens with one attached hydrogen (secondary N) is 1. The third-order valence-corrected chi connectivity index (χ3v) is 4.72. The number of fused-ring (bicyclic) bond motifs is 1. The highest BCUT2D eigenvalue weighted by Crippen LogP contribution is 2.27. The molecule has 1 aromatic carbocycles. The van der Waals surface area contributed by atoms with Crippen LogP contribution in [-0.4, -0.2) is 36.7 Å². The van der Waals surface area contributed by atoms with Crippen molar-refractivity contribution in [2.24, 2.45) is 0 Å². The normalized spacial score (nSPS) is 26.3. The van der Waals surface area contributed by atoms with Gasteiger partial charge >= 0.3 is 0 Å². The molecule has 0 amide bonds. The smallest absolute Gasteiger partial charge is 0.122 e. The molecule has 1 saturated heterocycles. The fraction of sp³-hybridized carbons (Fsp3) is 0.647. The quantitative estimate of drug-likeness (QED) is 0.913. The van der Waals surface area contributed by atoms with Crippen molar-refractivity contribution in [1.82, 2.24) is 10.2 Å². The molecule has 110 valence electrons. The minimum absolute atomic E-state index is 0.649. The van der Waals surface area contributed by atoms with Crippen LogP contribution < -0.4 is 10.1 Å². The van der Waals surface area contributed by atoms with Crippen LogP contribution in [0.2, 0.25) is 0 Å². The van der Waals surface area contributed by atoms with Gasteiger partial charge < -0.3 is 10.1 Å². The summed E-state index contributed by atoms with van der Waals surface area (Å²) in [5, 5.41) is 3.67. The molecule has 20 heavy (non-hydrogen) atoms. The van der Waals surface area contributed by atoms with Crippen LogP contribution in [0.1, 0.15) is 37.8 Å². The molecule has 3 nitrogen and oxygen atoms in total. The van der Waals surface area contributed by atoms with Gasteiger partial charge in [0.1, 0.15) is 5.75 Å². The van der Waals surface area contributed by atoms with Crippen molar-refractivity contribution in [1.29, 1.82) is 0 Å². The van der Waals surface area contributed by atoms with Crippen LogP contribution in [0.25, 0.3) is 0 Å². The second-order valence-corrected chi connectivity index (χ2v) is 6.05. The molecule has 0 saturated carbocycles. The number of ether oxygens (including phenoxy) is 1. The maximum Gasteiger partial charge on any atom is 0.122 e. The van der Waals surface area contributed by atoms with Crippen LogP contribution in [-0.2, 0) is 13.0 Å². The molecule has 1 N–H and O–H groups in total. The molecule has 3 heteroatoms. The lowest BCUT2D eigenvalue weighted by Gasteiger charge is -2.40. The van der Waals surface area contributed by atoms with Crippen molar-refractivity contribution in [3.05, 3.63) is 29.3 Å². The molecule has 0 aromatic heterocycles. The van der Waals surface area contributed by atoms with E-state index in [1.54, 1.807) is 0 Å². The number of benzene rings is 1. The Hall–Kier alpha value is -1.06. The molecule has 2 atom stereocenters. The average Bonchev–Trinajstić information content (AvgIpc) is 2.94. The first-order chi connectivity index (χ1) is 9.80. The molecular weight excluding hydrogens is 248 g/mol. The van der Waals surface area contributed by atoms with Gasteiger partial charge in [0.25, 0.3) is 0 Å². The van der Waals surface area contributed by atoms with E-state index in [4.69, 9.17) is 4.74 Å². The molecule has 1 aromatic rings. The van der Waals surface area contributed by atoms with E-state index in [-0.39, 0.29) is 0 Å². The van der Waals surface area contributed by atoms with E-state index in [9.17, 15) is 0 Å². The Balaban J connectivity index is 1.71. The number of piperazine rings is 1. The molecule has 0 spiro atoms. The minimum atomic E-state index is 0.649. The van der Waals surface area contributed by atoms with Crippen molar-refractivity contribution in [2.45, 2.75) is 51.7 Å². The minimum Gasteiger partial charge on any atom is -0.493 e. The number of hydrogen-bond donors (Lipinski definition) is 1. The zero-order chi connectivity index (χ0) is 13.9. The van der Waals surface area contributed by atoms with E-state index in [2.05, 4.69) is 42.3 Å². The van der Waals surface area contributed by atoms with E-state index >= 15 is 0 Å². The second-order valence-electron chi connectivity index (χ2n) is 6.05. The predicted molar refractivity (Wildman–Crippen MR) is 82.2 cm³/mol. The summed E-state index contributed by atoms with van der Waals surface area (Å²) in [6, 6.07) is 8.05. The molecular formula is C17H26N2O. The van der Waals surface area contributed by atoms with E-state index in [1.807, 2.05) is 0 Å². The highest BCUT2D eigenvalue weighted by molar-refractivity contribution is 5.39. The Labute approximate surface area is 122 Å². The van der Waals surface area contributed by atoms with E-state index < -0.39 is 0 Å². The molecule has 0 bridgehead atoms. The highest BCUT2D eigenvalue weighted by atomic mass is 16.5. The maximum absolute atomic E-state index is 5.60. The Morgan fingerprint density at radius 1 is 1.30 bits per heavy atom. The lowest BCUT2D eigenvalue weighted by Crippen LogP contribution is -2.55. The Kier molecular flexibility index (Phi) is 4.27. The van der Waals surface area contributed by atoms with Crippen molar-refractivity contribution in [3.8, 4) is 5.75 Å². The number of hydrogen-bond acceptors (Lipinski definition) is 3. The zero-order valence-electron chi connectivity index (χ0n) is 12.7. The summed E-state index contributed by atoms with van der Waals surface area (Å²) in [7, 11) is 0. The molecule has 1 fully saturated rings. The van der Waals surface area contributed by atoms with Gasteiger partial charge in [0, 0.05) is 38.1 Å². The van der Waals surface area contributed by atoms with Crippen LogP contribution in [0.5, 0.6) is 5.75 Å². The Bertz CT molecular complexity index is 460. The van der Waals surface area contributed by atoms with Gasteiger partial charge in [-0.2, -0.15) is 0 Å². The van der Waals surface area contributed by atoms with Gasteiger partial charge in [0.15, 0.2) is 0 Å². The summed E-state index contributed by atoms with van der Waals surface area (Å²) in [6.07, 6.45) is 3.50. The summed E-state index contributed by atoms with van der Waals surface area (Å²) >= 11 is 0. The third-order valence-electron chi connectivity index (χ3n) is 4.72. The summed E-state index contributed by atoms with van der Waals surface area (Å²) in [5.74, 6) is 1.09. The first kappa shape index (κ1) is 13.9. The molecule has 2 heterocycles. The molecule has 0 aliphatic carbocycles. The topological polar surface area (TPSA) is 24.5 Å². The van der Waals surface area contributed by atoms with Gasteiger partial charge in [-0.1, -0.05) is 26.0 Å². The van der Waals surface area contributed by atoms with Gasteiger partial charge in [-0.15, -0.1) is 0 Å². The summed E-state index contributed by atoms with van der Waals surface area (Å²) in [6.45, 7) is 8.79. The molecule has 3 rings (SSSR count). The average molecular weight is 274 g/mol. The molecule has 2 aliphatic rings. The third kappa shape index (κ3) is 2.84. The van der Waals surface area contributed by atoms with Crippen LogP contribution in [0.3, 0.4) is 0 Å². The Morgan fingerprint density at radius 2 is 2.20 bits per heavy atom. The lowest BCUT2D eigenvalue weighted by molar-refractivity contribution is 0.117. The van der Waals surface area contributed by atoms with Gasteiger partial charge in [0.05, 0.1) is 6.61 Å². The van der Waals surface area contributed by atoms with E-state index in [0.29, 0.717) is 12.1 Å². The van der Waals surface area contributed by atoms with Crippen molar-refractivity contribution >= 4 is 0 Å². The summed E-state index contributed by atoms with van der Waals surface area (Å²) in [4.78, 5) is 2.65. The van der Waals surface area contributed by atoms with Crippen molar-refractivity contribution in [3.63, 3.8) is 0 Å². The number of nitrogens with zero attached hydrogens (tertiary/aromatic N) is 1. The summed E-state index contributed by atoms with van der Waals surface area (Å²) in [5.41, 5.74) is 2.82. The van der Waals surface area contributed by atoms with Gasteiger partial charge in [0.2, 0.25) is 0 Å². The van der Waals surface area contributed by atoms with E-state index in [0.717, 1.165) is 31.9 Å². The first-order valence-corrected chi connectivity index (χ1v) is 8.02. The lowest BCUT2D eigenvalue weighted by atomic mass is 10.0. The van der Waals surface area contributed by atoms with Gasteiger partial charge in [-0.05, 0) is 30.0 Å². The highest BCUT2D eigenvalue weighted by Gasteiger charge is 2.26. The maximum atomic E-state index is 5.60. The van der Waals surface area contributed by atoms with Crippen LogP contribution in [0.15, 0.2) is 18.2 Å². The van der Waals surface area contributed by atoms with Crippen LogP contribution in [0.4, 0.5) is 0 Å². The monoisotopic (exact) mass is 274 g/mol. The van der Waals surface area contributed by atoms with E-state index in [1.165, 1.54) is 30.5 Å². The number of rotatable bonds is 4. The van der Waals surface area contributed by atoms with Crippen molar-refractivity contribution in [2.75, 3.05) is 19.7 Å². The predicted octanol–water partition coefficient (Wildman–Crippen LogP) is 2.58. The fourth-order valence-corrected chi connectivity index (χ4v) is 3.37. The SMILES string of the molecule is CCC1CN(Cc2ccc3c(c2)CCO3)C(CC)CN1. The molecule has 2 aliphatic heterocycles. The standard InChI is InChI=1S/C17H26N2O/c1-3-15-12-19(16(4-2)10-18-15)11-13-5-6-17-14(9-13)7-8-20-17/h5-6,9,15-16,18H,3-4,7-8,10-12H2,1-2H3. The first-order valence-electron chi connectivity index (χ1n) is 8.02. The van der Waals surface area contributed by atoms with Crippen LogP contribution in [0, 0.1) is 0 Å². The second kappa shape index (κ2) is 6.15. The zero-order valence-corrected chi connectivity index (χ0v) is 12.7. The summed E-state index contributed by atoms with van der Waals surface area (Å²) < 4.78 is 5.60. The molecule has 2 unspecified atom stereocenters. The van der Waals surface area contributed by atoms with Crippen LogP contribution >= 0.6 is 0 Å². The largest absolute Gasteiger partial charge is 0.493 e. The van der Waals surface area contributed by atoms with Crippen molar-refractivity contribution < 1.29 is 4.74 Å². The Morgan fingerprint density at radius 3 is 3.00 bits per heavy atom. The van der Waals surface area contributed by atoms with Gasteiger partial charge in [-0.25, -0.2) is 0 Å². The fourth-order valence-electron chi connectivity index (χ4n) is 3.37.